The van der Waals surface area contributed by atoms with Gasteiger partial charge in [0.15, 0.2) is 6.10 Å². The van der Waals surface area contributed by atoms with Crippen LogP contribution in [0.5, 0.6) is 0 Å². The van der Waals surface area contributed by atoms with E-state index in [9.17, 15) is 27.9 Å². The predicted octanol–water partition coefficient (Wildman–Crippen LogP) is 1.65. The van der Waals surface area contributed by atoms with E-state index in [0.717, 1.165) is 19.3 Å². The van der Waals surface area contributed by atoms with Crippen molar-refractivity contribution in [3.63, 3.8) is 0 Å². The number of esters is 2. The van der Waals surface area contributed by atoms with Crippen molar-refractivity contribution in [2.24, 2.45) is 11.3 Å². The number of ether oxygens (including phenoxy) is 2. The number of nitrogens with one attached hydrogen (secondary N) is 1. The van der Waals surface area contributed by atoms with Gasteiger partial charge in [-0.25, -0.2) is 4.79 Å². The maximum Gasteiger partial charge on any atom is 0.338 e. The highest BCUT2D eigenvalue weighted by molar-refractivity contribution is 7.86. The molecule has 1 fully saturated rings. The summed E-state index contributed by atoms with van der Waals surface area (Å²) in [5.74, 6) is -1.56. The molecule has 2 N–H and O–H groups in total. The lowest BCUT2D eigenvalue weighted by atomic mass is 9.86. The maximum atomic E-state index is 12.1. The highest BCUT2D eigenvalue weighted by Crippen LogP contribution is 2.27. The van der Waals surface area contributed by atoms with Gasteiger partial charge in [0.05, 0.1) is 12.4 Å². The Morgan fingerprint density at radius 3 is 2.41 bits per heavy atom. The van der Waals surface area contributed by atoms with Crippen molar-refractivity contribution < 1.29 is 41.6 Å². The largest absolute Gasteiger partial charge is 0.428 e. The van der Waals surface area contributed by atoms with Crippen LogP contribution in [-0.2, 0) is 38.2 Å². The Morgan fingerprint density at radius 2 is 1.78 bits per heavy atom. The van der Waals surface area contributed by atoms with E-state index in [1.165, 1.54) is 40.0 Å². The third-order valence-electron chi connectivity index (χ3n) is 5.42. The van der Waals surface area contributed by atoms with Gasteiger partial charge >= 0.3 is 11.9 Å². The van der Waals surface area contributed by atoms with Gasteiger partial charge in [0.25, 0.3) is 10.1 Å². The van der Waals surface area contributed by atoms with Crippen LogP contribution in [-0.4, -0.2) is 63.2 Å². The second-order valence-electron chi connectivity index (χ2n) is 8.89. The van der Waals surface area contributed by atoms with E-state index in [4.69, 9.17) is 13.7 Å². The van der Waals surface area contributed by atoms with Crippen molar-refractivity contribution in [3.8, 4) is 0 Å². The second kappa shape index (κ2) is 13.7. The summed E-state index contributed by atoms with van der Waals surface area (Å²) in [5.41, 5.74) is -1.27. The van der Waals surface area contributed by atoms with Crippen LogP contribution in [0, 0.1) is 11.3 Å². The van der Waals surface area contributed by atoms with Gasteiger partial charge in [-0.2, -0.15) is 8.42 Å². The van der Waals surface area contributed by atoms with Gasteiger partial charge < -0.3 is 19.9 Å². The van der Waals surface area contributed by atoms with E-state index in [2.05, 4.69) is 5.32 Å². The number of rotatable bonds is 14. The van der Waals surface area contributed by atoms with Crippen LogP contribution in [0.15, 0.2) is 0 Å². The minimum absolute atomic E-state index is 0.166. The molecule has 0 aromatic heterocycles. The lowest BCUT2D eigenvalue weighted by Crippen LogP contribution is -2.42. The summed E-state index contributed by atoms with van der Waals surface area (Å²) in [5, 5.41) is 12.7. The highest BCUT2D eigenvalue weighted by Gasteiger charge is 2.36. The molecule has 0 spiro atoms. The molecule has 0 unspecified atom stereocenters. The Kier molecular flexibility index (Phi) is 12.2. The van der Waals surface area contributed by atoms with Crippen molar-refractivity contribution in [3.05, 3.63) is 0 Å². The summed E-state index contributed by atoms with van der Waals surface area (Å²) in [6.45, 7) is 3.34. The van der Waals surface area contributed by atoms with Crippen LogP contribution in [0.25, 0.3) is 0 Å². The molecule has 186 valence electrons. The number of carbonyl (C=O) groups excluding carboxylic acids is 3. The zero-order valence-electron chi connectivity index (χ0n) is 19.3. The Labute approximate surface area is 190 Å². The molecule has 0 bridgehead atoms. The standard InChI is InChI=1S/C21H37NO9S/c1-16(23)22-12-7-13-32(27,28)31-14-21(2,3)19(25)20(26)30-15-29-18(24)11-10-17-8-5-4-6-9-17/h17,19,25H,4-15H2,1-3H3,(H,22,23)/t19-/m0/s1. The molecule has 0 heterocycles. The van der Waals surface area contributed by atoms with Gasteiger partial charge in [0.1, 0.15) is 0 Å². The Balaban J connectivity index is 2.31. The van der Waals surface area contributed by atoms with Crippen molar-refractivity contribution in [1.29, 1.82) is 0 Å². The molecule has 32 heavy (non-hydrogen) atoms. The fraction of sp³-hybridized carbons (Fsp3) is 0.857. The summed E-state index contributed by atoms with van der Waals surface area (Å²) in [6.07, 6.45) is 5.35. The van der Waals surface area contributed by atoms with E-state index in [1.807, 2.05) is 0 Å². The first-order valence-corrected chi connectivity index (χ1v) is 12.6. The number of aliphatic hydroxyl groups excluding tert-OH is 1. The minimum Gasteiger partial charge on any atom is -0.428 e. The van der Waals surface area contributed by atoms with Gasteiger partial charge in [0.2, 0.25) is 12.7 Å². The predicted molar refractivity (Wildman–Crippen MR) is 116 cm³/mol. The van der Waals surface area contributed by atoms with Crippen molar-refractivity contribution >= 4 is 28.0 Å². The molecule has 1 amide bonds. The van der Waals surface area contributed by atoms with E-state index < -0.39 is 47.0 Å². The molecule has 11 heteroatoms. The molecular weight excluding hydrogens is 442 g/mol. The van der Waals surface area contributed by atoms with Crippen LogP contribution in [0.2, 0.25) is 0 Å². The number of amides is 1. The second-order valence-corrected chi connectivity index (χ2v) is 10.7. The van der Waals surface area contributed by atoms with E-state index in [0.29, 0.717) is 5.92 Å². The van der Waals surface area contributed by atoms with Crippen LogP contribution >= 0.6 is 0 Å². The van der Waals surface area contributed by atoms with E-state index in [1.54, 1.807) is 0 Å². The van der Waals surface area contributed by atoms with Gasteiger partial charge in [-0.1, -0.05) is 46.0 Å². The van der Waals surface area contributed by atoms with Crippen LogP contribution in [0.3, 0.4) is 0 Å². The fourth-order valence-corrected chi connectivity index (χ4v) is 4.41. The third-order valence-corrected chi connectivity index (χ3v) is 6.69. The van der Waals surface area contributed by atoms with Crippen LogP contribution in [0.1, 0.15) is 72.1 Å². The number of hydrogen-bond acceptors (Lipinski definition) is 9. The molecule has 1 aliphatic rings. The number of aliphatic hydroxyl groups is 1. The first-order valence-electron chi connectivity index (χ1n) is 11.0. The van der Waals surface area contributed by atoms with Crippen LogP contribution in [0.4, 0.5) is 0 Å². The zero-order valence-corrected chi connectivity index (χ0v) is 20.1. The molecule has 0 aromatic rings. The number of carbonyl (C=O) groups is 3. The Hall–Kier alpha value is -1.72. The zero-order chi connectivity index (χ0) is 24.2. The van der Waals surface area contributed by atoms with E-state index in [-0.39, 0.29) is 31.0 Å². The molecule has 10 nitrogen and oxygen atoms in total. The monoisotopic (exact) mass is 479 g/mol. The minimum atomic E-state index is -3.90. The average molecular weight is 480 g/mol. The SMILES string of the molecule is CC(=O)NCCCS(=O)(=O)OCC(C)(C)[C@@H](O)C(=O)OCOC(=O)CCC1CCCCC1. The normalized spacial score (nSPS) is 16.2. The molecule has 0 aliphatic heterocycles. The molecule has 1 rings (SSSR count). The number of hydrogen-bond donors (Lipinski definition) is 2. The lowest BCUT2D eigenvalue weighted by molar-refractivity contribution is -0.178. The van der Waals surface area contributed by atoms with Crippen molar-refractivity contribution in [1.82, 2.24) is 5.32 Å². The van der Waals surface area contributed by atoms with Crippen LogP contribution < -0.4 is 5.32 Å². The molecule has 0 saturated heterocycles. The summed E-state index contributed by atoms with van der Waals surface area (Å²) in [6, 6.07) is 0. The van der Waals surface area contributed by atoms with Gasteiger partial charge in [-0.3, -0.25) is 13.8 Å². The summed E-state index contributed by atoms with van der Waals surface area (Å²) in [7, 11) is -3.90. The Bertz CT molecular complexity index is 715. The van der Waals surface area contributed by atoms with Crippen molar-refractivity contribution in [2.75, 3.05) is 25.7 Å². The fourth-order valence-electron chi connectivity index (χ4n) is 3.31. The van der Waals surface area contributed by atoms with Crippen molar-refractivity contribution in [2.45, 2.75) is 78.2 Å². The summed E-state index contributed by atoms with van der Waals surface area (Å²) in [4.78, 5) is 34.7. The molecule has 1 atom stereocenters. The molecule has 1 saturated carbocycles. The topological polar surface area (TPSA) is 145 Å². The van der Waals surface area contributed by atoms with Gasteiger partial charge in [0, 0.05) is 25.3 Å². The molecule has 1 aliphatic carbocycles. The summed E-state index contributed by atoms with van der Waals surface area (Å²) < 4.78 is 38.5. The van der Waals surface area contributed by atoms with Gasteiger partial charge in [-0.05, 0) is 18.8 Å². The first kappa shape index (κ1) is 28.3. The lowest BCUT2D eigenvalue weighted by Gasteiger charge is -2.28. The molecular formula is C21H37NO9S. The van der Waals surface area contributed by atoms with Gasteiger partial charge in [-0.15, -0.1) is 0 Å². The quantitative estimate of drug-likeness (QED) is 0.164. The molecule has 0 radical (unpaired) electrons. The average Bonchev–Trinajstić information content (AvgIpc) is 2.74. The molecule has 0 aromatic carbocycles. The van der Waals surface area contributed by atoms with E-state index >= 15 is 0 Å². The summed E-state index contributed by atoms with van der Waals surface area (Å²) >= 11 is 0. The Morgan fingerprint density at radius 1 is 1.12 bits per heavy atom. The maximum absolute atomic E-state index is 12.1. The third kappa shape index (κ3) is 11.8. The first-order chi connectivity index (χ1) is 14.9. The highest BCUT2D eigenvalue weighted by atomic mass is 32.2. The smallest absolute Gasteiger partial charge is 0.338 e.